The van der Waals surface area contributed by atoms with Crippen LogP contribution in [0.2, 0.25) is 0 Å². The molecule has 0 aliphatic carbocycles. The third-order valence-corrected chi connectivity index (χ3v) is 2.54. The van der Waals surface area contributed by atoms with Gasteiger partial charge >= 0.3 is 5.69 Å². The summed E-state index contributed by atoms with van der Waals surface area (Å²) in [6.07, 6.45) is 0. The molecule has 2 aromatic heterocycles. The van der Waals surface area contributed by atoms with Crippen molar-refractivity contribution in [2.45, 2.75) is 6.92 Å². The van der Waals surface area contributed by atoms with Gasteiger partial charge in [0.2, 0.25) is 5.88 Å². The van der Waals surface area contributed by atoms with Gasteiger partial charge in [-0.25, -0.2) is 9.36 Å². The first-order valence-corrected chi connectivity index (χ1v) is 5.02. The summed E-state index contributed by atoms with van der Waals surface area (Å²) in [5.41, 5.74) is 1.44. The van der Waals surface area contributed by atoms with Gasteiger partial charge in [-0.05, 0) is 25.1 Å². The van der Waals surface area contributed by atoms with Gasteiger partial charge < -0.3 is 9.40 Å². The maximum atomic E-state index is 11.8. The number of rotatable bonds is 1. The summed E-state index contributed by atoms with van der Waals surface area (Å²) in [6.45, 7) is 1.85. The molecule has 80 valence electrons. The minimum Gasteiger partial charge on any atom is -0.445 e. The Morgan fingerprint density at radius 3 is 2.75 bits per heavy atom. The van der Waals surface area contributed by atoms with Crippen molar-refractivity contribution in [2.24, 2.45) is 0 Å². The quantitative estimate of drug-likeness (QED) is 0.675. The molecule has 0 radical (unpaired) electrons. The molecule has 0 unspecified atom stereocenters. The van der Waals surface area contributed by atoms with Gasteiger partial charge in [-0.1, -0.05) is 12.1 Å². The highest BCUT2D eigenvalue weighted by atomic mass is 16.4. The zero-order valence-electron chi connectivity index (χ0n) is 8.73. The van der Waals surface area contributed by atoms with Gasteiger partial charge in [-0.15, -0.1) is 0 Å². The van der Waals surface area contributed by atoms with Crippen LogP contribution in [-0.4, -0.2) is 9.55 Å². The molecule has 0 saturated heterocycles. The Kier molecular flexibility index (Phi) is 1.77. The second-order valence-electron chi connectivity index (χ2n) is 3.67. The molecule has 0 fully saturated rings. The Morgan fingerprint density at radius 2 is 2.00 bits per heavy atom. The maximum Gasteiger partial charge on any atom is 0.333 e. The van der Waals surface area contributed by atoms with Crippen molar-refractivity contribution in [3.8, 4) is 5.88 Å². The number of hydrogen-bond donors (Lipinski definition) is 1. The number of benzene rings is 1. The molecule has 0 aliphatic heterocycles. The minimum atomic E-state index is -0.185. The summed E-state index contributed by atoms with van der Waals surface area (Å²) in [5.74, 6) is 1.33. The molecule has 0 saturated carbocycles. The number of nitrogens with one attached hydrogen (secondary N) is 1. The molecule has 4 nitrogen and oxygen atoms in total. The molecule has 16 heavy (non-hydrogen) atoms. The number of imidazole rings is 1. The summed E-state index contributed by atoms with van der Waals surface area (Å²) in [7, 11) is 0. The van der Waals surface area contributed by atoms with E-state index in [2.05, 4.69) is 4.98 Å². The first-order chi connectivity index (χ1) is 7.75. The second-order valence-corrected chi connectivity index (χ2v) is 3.67. The molecular weight excluding hydrogens is 204 g/mol. The van der Waals surface area contributed by atoms with Crippen LogP contribution in [0.1, 0.15) is 5.76 Å². The lowest BCUT2D eigenvalue weighted by atomic mass is 10.3. The van der Waals surface area contributed by atoms with E-state index in [9.17, 15) is 4.79 Å². The average Bonchev–Trinajstić information content (AvgIpc) is 2.80. The Bertz CT molecular complexity index is 703. The van der Waals surface area contributed by atoms with Gasteiger partial charge in [0.05, 0.1) is 11.0 Å². The smallest absolute Gasteiger partial charge is 0.333 e. The summed E-state index contributed by atoms with van der Waals surface area (Å²) in [5, 5.41) is 0. The highest BCUT2D eigenvalue weighted by molar-refractivity contribution is 5.76. The summed E-state index contributed by atoms with van der Waals surface area (Å²) >= 11 is 0. The second kappa shape index (κ2) is 3.13. The summed E-state index contributed by atoms with van der Waals surface area (Å²) in [4.78, 5) is 14.6. The van der Waals surface area contributed by atoms with Crippen molar-refractivity contribution in [1.82, 2.24) is 9.55 Å². The van der Waals surface area contributed by atoms with Crippen LogP contribution in [0.5, 0.6) is 0 Å². The van der Waals surface area contributed by atoms with Crippen LogP contribution < -0.4 is 5.69 Å². The molecule has 3 aromatic rings. The van der Waals surface area contributed by atoms with Crippen molar-refractivity contribution in [3.63, 3.8) is 0 Å². The van der Waals surface area contributed by atoms with E-state index in [0.717, 1.165) is 16.8 Å². The monoisotopic (exact) mass is 214 g/mol. The zero-order chi connectivity index (χ0) is 11.1. The molecule has 0 atom stereocenters. The zero-order valence-corrected chi connectivity index (χ0v) is 8.73. The number of para-hydroxylation sites is 2. The van der Waals surface area contributed by atoms with E-state index in [-0.39, 0.29) is 5.69 Å². The van der Waals surface area contributed by atoms with Crippen LogP contribution in [-0.2, 0) is 0 Å². The molecule has 2 heterocycles. The van der Waals surface area contributed by atoms with Crippen LogP contribution in [0.25, 0.3) is 16.9 Å². The van der Waals surface area contributed by atoms with Crippen molar-refractivity contribution in [2.75, 3.05) is 0 Å². The van der Waals surface area contributed by atoms with Crippen LogP contribution in [0.4, 0.5) is 0 Å². The minimum absolute atomic E-state index is 0.185. The summed E-state index contributed by atoms with van der Waals surface area (Å²) in [6, 6.07) is 11.1. The highest BCUT2D eigenvalue weighted by Crippen LogP contribution is 2.16. The van der Waals surface area contributed by atoms with E-state index in [1.54, 1.807) is 6.07 Å². The van der Waals surface area contributed by atoms with E-state index in [0.29, 0.717) is 5.88 Å². The van der Waals surface area contributed by atoms with Gasteiger partial charge in [0, 0.05) is 6.07 Å². The van der Waals surface area contributed by atoms with Crippen molar-refractivity contribution in [3.05, 3.63) is 52.6 Å². The SMILES string of the molecule is Cc1ccc(-n2c(=O)[nH]c3ccccc32)o1. The largest absolute Gasteiger partial charge is 0.445 e. The van der Waals surface area contributed by atoms with Gasteiger partial charge in [0.25, 0.3) is 0 Å². The molecule has 0 spiro atoms. The number of furan rings is 1. The molecular formula is C12H10N2O2. The number of H-pyrrole nitrogens is 1. The number of nitrogens with zero attached hydrogens (tertiary/aromatic N) is 1. The molecule has 0 amide bonds. The van der Waals surface area contributed by atoms with E-state index in [4.69, 9.17) is 4.42 Å². The van der Waals surface area contributed by atoms with Gasteiger partial charge in [0.1, 0.15) is 5.76 Å². The Balaban J connectivity index is 2.39. The molecule has 1 N–H and O–H groups in total. The lowest BCUT2D eigenvalue weighted by molar-refractivity contribution is 0.510. The van der Waals surface area contributed by atoms with E-state index in [1.165, 1.54) is 4.57 Å². The lowest BCUT2D eigenvalue weighted by Crippen LogP contribution is -2.13. The number of aromatic amines is 1. The predicted octanol–water partition coefficient (Wildman–Crippen LogP) is 2.22. The van der Waals surface area contributed by atoms with E-state index < -0.39 is 0 Å². The van der Waals surface area contributed by atoms with Crippen LogP contribution in [0.3, 0.4) is 0 Å². The third-order valence-electron chi connectivity index (χ3n) is 2.54. The maximum absolute atomic E-state index is 11.8. The lowest BCUT2D eigenvalue weighted by Gasteiger charge is -1.97. The van der Waals surface area contributed by atoms with Crippen molar-refractivity contribution < 1.29 is 4.42 Å². The number of aromatic nitrogens is 2. The standard InChI is InChI=1S/C12H10N2O2/c1-8-6-7-11(16-8)14-10-5-3-2-4-9(10)13-12(14)15/h2-7H,1H3,(H,13,15). The Labute approximate surface area is 91.1 Å². The fourth-order valence-corrected chi connectivity index (χ4v) is 1.82. The summed E-state index contributed by atoms with van der Waals surface area (Å²) < 4.78 is 6.99. The fraction of sp³-hybridized carbons (Fsp3) is 0.0833. The average molecular weight is 214 g/mol. The highest BCUT2D eigenvalue weighted by Gasteiger charge is 2.10. The molecule has 0 bridgehead atoms. The van der Waals surface area contributed by atoms with Gasteiger partial charge in [-0.2, -0.15) is 0 Å². The normalized spacial score (nSPS) is 11.1. The van der Waals surface area contributed by atoms with Gasteiger partial charge in [-0.3, -0.25) is 0 Å². The molecule has 1 aromatic carbocycles. The van der Waals surface area contributed by atoms with E-state index >= 15 is 0 Å². The number of hydrogen-bond acceptors (Lipinski definition) is 2. The third kappa shape index (κ3) is 1.20. The molecule has 4 heteroatoms. The topological polar surface area (TPSA) is 50.9 Å². The van der Waals surface area contributed by atoms with Crippen LogP contribution in [0, 0.1) is 6.92 Å². The number of fused-ring (bicyclic) bond motifs is 1. The van der Waals surface area contributed by atoms with E-state index in [1.807, 2.05) is 37.3 Å². The van der Waals surface area contributed by atoms with Crippen LogP contribution in [0.15, 0.2) is 45.6 Å². The Hall–Kier alpha value is -2.23. The van der Waals surface area contributed by atoms with Gasteiger partial charge in [0.15, 0.2) is 0 Å². The Morgan fingerprint density at radius 1 is 1.19 bits per heavy atom. The van der Waals surface area contributed by atoms with Crippen LogP contribution >= 0.6 is 0 Å². The first kappa shape index (κ1) is 9.03. The predicted molar refractivity (Wildman–Crippen MR) is 60.9 cm³/mol. The molecule has 3 rings (SSSR count). The fourth-order valence-electron chi connectivity index (χ4n) is 1.82. The molecule has 0 aliphatic rings. The van der Waals surface area contributed by atoms with Crippen molar-refractivity contribution >= 4 is 11.0 Å². The van der Waals surface area contributed by atoms with Crippen molar-refractivity contribution in [1.29, 1.82) is 0 Å². The number of aryl methyl sites for hydroxylation is 1. The first-order valence-electron chi connectivity index (χ1n) is 5.02.